The Bertz CT molecular complexity index is 309. The van der Waals surface area contributed by atoms with Crippen molar-refractivity contribution >= 4 is 5.97 Å². The van der Waals surface area contributed by atoms with Gasteiger partial charge in [0, 0.05) is 13.0 Å². The molecule has 2 aliphatic heterocycles. The molecule has 1 atom stereocenters. The van der Waals surface area contributed by atoms with Crippen LogP contribution in [0.2, 0.25) is 0 Å². The second kappa shape index (κ2) is 7.53. The molecule has 2 aliphatic rings. The maximum atomic E-state index is 11.4. The quantitative estimate of drug-likeness (QED) is 0.717. The van der Waals surface area contributed by atoms with Gasteiger partial charge in [0.15, 0.2) is 0 Å². The van der Waals surface area contributed by atoms with Crippen LogP contribution in [0.1, 0.15) is 39.0 Å². The molecular weight excluding hydrogens is 242 g/mol. The van der Waals surface area contributed by atoms with Gasteiger partial charge < -0.3 is 9.47 Å². The lowest BCUT2D eigenvalue weighted by Gasteiger charge is -2.34. The third-order valence-electron chi connectivity index (χ3n) is 3.95. The molecule has 1 fully saturated rings. The van der Waals surface area contributed by atoms with E-state index < -0.39 is 0 Å². The number of ether oxygens (including phenoxy) is 2. The van der Waals surface area contributed by atoms with Crippen molar-refractivity contribution in [2.45, 2.75) is 45.1 Å². The molecule has 0 aromatic rings. The number of esters is 1. The molecule has 0 radical (unpaired) electrons. The van der Waals surface area contributed by atoms with Crippen LogP contribution in [0, 0.1) is 5.92 Å². The van der Waals surface area contributed by atoms with Crippen LogP contribution >= 0.6 is 0 Å². The second-order valence-electron chi connectivity index (χ2n) is 5.46. The van der Waals surface area contributed by atoms with Crippen molar-refractivity contribution in [2.75, 3.05) is 26.2 Å². The minimum Gasteiger partial charge on any atom is -0.497 e. The highest BCUT2D eigenvalue weighted by molar-refractivity contribution is 5.69. The number of rotatable bonds is 5. The summed E-state index contributed by atoms with van der Waals surface area (Å²) >= 11 is 0. The van der Waals surface area contributed by atoms with Gasteiger partial charge in [-0.25, -0.2) is 0 Å². The SMILES string of the molecule is CCOC(=O)CC1CCN(CC2CCC=CO2)CC1. The zero-order valence-corrected chi connectivity index (χ0v) is 11.8. The van der Waals surface area contributed by atoms with Crippen molar-refractivity contribution < 1.29 is 14.3 Å². The summed E-state index contributed by atoms with van der Waals surface area (Å²) < 4.78 is 10.6. The maximum Gasteiger partial charge on any atom is 0.306 e. The van der Waals surface area contributed by atoms with Crippen LogP contribution in [0.4, 0.5) is 0 Å². The minimum absolute atomic E-state index is 0.0401. The fourth-order valence-corrected chi connectivity index (χ4v) is 2.84. The van der Waals surface area contributed by atoms with Crippen LogP contribution < -0.4 is 0 Å². The Morgan fingerprint density at radius 2 is 2.16 bits per heavy atom. The van der Waals surface area contributed by atoms with E-state index in [1.165, 1.54) is 0 Å². The first-order valence-electron chi connectivity index (χ1n) is 7.46. The first-order chi connectivity index (χ1) is 9.28. The van der Waals surface area contributed by atoms with Crippen LogP contribution in [0.5, 0.6) is 0 Å². The standard InChI is InChI=1S/C15H25NO3/c1-2-18-15(17)11-13-6-8-16(9-7-13)12-14-5-3-4-10-19-14/h4,10,13-14H,2-3,5-9,11-12H2,1H3. The molecule has 0 aromatic carbocycles. The normalized spacial score (nSPS) is 25.0. The van der Waals surface area contributed by atoms with Crippen LogP contribution in [-0.2, 0) is 14.3 Å². The van der Waals surface area contributed by atoms with E-state index in [0.29, 0.717) is 25.0 Å². The summed E-state index contributed by atoms with van der Waals surface area (Å²) in [5, 5.41) is 0. The molecule has 0 bridgehead atoms. The first-order valence-corrected chi connectivity index (χ1v) is 7.46. The Labute approximate surface area is 115 Å². The summed E-state index contributed by atoms with van der Waals surface area (Å²) in [6, 6.07) is 0. The van der Waals surface area contributed by atoms with Gasteiger partial charge in [0.05, 0.1) is 12.9 Å². The maximum absolute atomic E-state index is 11.4. The number of likely N-dealkylation sites (tertiary alicyclic amines) is 1. The van der Waals surface area contributed by atoms with Gasteiger partial charge in [0.1, 0.15) is 6.10 Å². The lowest BCUT2D eigenvalue weighted by atomic mass is 9.93. The average Bonchev–Trinajstić information content (AvgIpc) is 2.42. The molecular formula is C15H25NO3. The monoisotopic (exact) mass is 267 g/mol. The molecule has 4 nitrogen and oxygen atoms in total. The molecule has 0 aromatic heterocycles. The first kappa shape index (κ1) is 14.4. The van der Waals surface area contributed by atoms with Crippen LogP contribution in [0.15, 0.2) is 12.3 Å². The van der Waals surface area contributed by atoms with Crippen LogP contribution in [-0.4, -0.2) is 43.2 Å². The fourth-order valence-electron chi connectivity index (χ4n) is 2.84. The van der Waals surface area contributed by atoms with Gasteiger partial charge in [-0.15, -0.1) is 0 Å². The summed E-state index contributed by atoms with van der Waals surface area (Å²) in [6.07, 6.45) is 9.31. The molecule has 0 N–H and O–H groups in total. The molecule has 4 heteroatoms. The lowest BCUT2D eigenvalue weighted by Crippen LogP contribution is -2.40. The van der Waals surface area contributed by atoms with E-state index in [4.69, 9.17) is 9.47 Å². The van der Waals surface area contributed by atoms with Crippen molar-refractivity contribution in [2.24, 2.45) is 5.92 Å². The minimum atomic E-state index is -0.0401. The molecule has 0 amide bonds. The van der Waals surface area contributed by atoms with Gasteiger partial charge in [0.2, 0.25) is 0 Å². The highest BCUT2D eigenvalue weighted by Gasteiger charge is 2.24. The third kappa shape index (κ3) is 4.86. The summed E-state index contributed by atoms with van der Waals surface area (Å²) in [5.74, 6) is 0.462. The van der Waals surface area contributed by atoms with E-state index in [9.17, 15) is 4.79 Å². The summed E-state index contributed by atoms with van der Waals surface area (Å²) in [7, 11) is 0. The Hall–Kier alpha value is -1.03. The molecule has 2 heterocycles. The van der Waals surface area contributed by atoms with Crippen molar-refractivity contribution in [1.29, 1.82) is 0 Å². The van der Waals surface area contributed by atoms with E-state index >= 15 is 0 Å². The third-order valence-corrected chi connectivity index (χ3v) is 3.95. The van der Waals surface area contributed by atoms with Gasteiger partial charge in [-0.05, 0) is 57.7 Å². The molecule has 1 unspecified atom stereocenters. The van der Waals surface area contributed by atoms with E-state index in [-0.39, 0.29) is 5.97 Å². The topological polar surface area (TPSA) is 38.8 Å². The van der Waals surface area contributed by atoms with Crippen molar-refractivity contribution in [3.63, 3.8) is 0 Å². The van der Waals surface area contributed by atoms with Gasteiger partial charge in [-0.3, -0.25) is 9.69 Å². The number of hydrogen-bond acceptors (Lipinski definition) is 4. The smallest absolute Gasteiger partial charge is 0.306 e. The summed E-state index contributed by atoms with van der Waals surface area (Å²) in [5.41, 5.74) is 0. The van der Waals surface area contributed by atoms with Gasteiger partial charge in [-0.2, -0.15) is 0 Å². The van der Waals surface area contributed by atoms with E-state index in [0.717, 1.165) is 45.3 Å². The largest absolute Gasteiger partial charge is 0.497 e. The Balaban J connectivity index is 1.64. The number of hydrogen-bond donors (Lipinski definition) is 0. The Morgan fingerprint density at radius 3 is 2.79 bits per heavy atom. The second-order valence-corrected chi connectivity index (χ2v) is 5.46. The zero-order valence-electron chi connectivity index (χ0n) is 11.8. The Kier molecular flexibility index (Phi) is 5.70. The number of nitrogens with zero attached hydrogens (tertiary/aromatic N) is 1. The van der Waals surface area contributed by atoms with E-state index in [1.807, 2.05) is 13.2 Å². The molecule has 19 heavy (non-hydrogen) atoms. The average molecular weight is 267 g/mol. The molecule has 1 saturated heterocycles. The molecule has 0 aliphatic carbocycles. The summed E-state index contributed by atoms with van der Waals surface area (Å²) in [6.45, 7) is 5.53. The lowest BCUT2D eigenvalue weighted by molar-refractivity contribution is -0.144. The predicted molar refractivity (Wildman–Crippen MR) is 73.7 cm³/mol. The number of carbonyl (C=O) groups excluding carboxylic acids is 1. The van der Waals surface area contributed by atoms with Crippen molar-refractivity contribution in [1.82, 2.24) is 4.90 Å². The fraction of sp³-hybridized carbons (Fsp3) is 0.800. The summed E-state index contributed by atoms with van der Waals surface area (Å²) in [4.78, 5) is 13.9. The number of allylic oxidation sites excluding steroid dienone is 1. The molecule has 108 valence electrons. The molecule has 2 rings (SSSR count). The van der Waals surface area contributed by atoms with Crippen molar-refractivity contribution in [3.05, 3.63) is 12.3 Å². The highest BCUT2D eigenvalue weighted by atomic mass is 16.5. The van der Waals surface area contributed by atoms with Crippen LogP contribution in [0.25, 0.3) is 0 Å². The number of carbonyl (C=O) groups is 1. The molecule has 0 spiro atoms. The van der Waals surface area contributed by atoms with E-state index in [1.54, 1.807) is 0 Å². The van der Waals surface area contributed by atoms with Crippen molar-refractivity contribution in [3.8, 4) is 0 Å². The predicted octanol–water partition coefficient (Wildman–Crippen LogP) is 2.34. The van der Waals surface area contributed by atoms with Crippen LogP contribution in [0.3, 0.4) is 0 Å². The molecule has 0 saturated carbocycles. The van der Waals surface area contributed by atoms with Gasteiger partial charge in [0.25, 0.3) is 0 Å². The highest BCUT2D eigenvalue weighted by Crippen LogP contribution is 2.22. The van der Waals surface area contributed by atoms with Gasteiger partial charge in [-0.1, -0.05) is 0 Å². The van der Waals surface area contributed by atoms with Gasteiger partial charge >= 0.3 is 5.97 Å². The zero-order chi connectivity index (χ0) is 13.5. The van der Waals surface area contributed by atoms with E-state index in [2.05, 4.69) is 11.0 Å². The number of piperidine rings is 1. The Morgan fingerprint density at radius 1 is 1.37 bits per heavy atom.